The quantitative estimate of drug-likeness (QED) is 0.833. The molecule has 102 valence electrons. The van der Waals surface area contributed by atoms with Crippen LogP contribution in [-0.2, 0) is 11.3 Å². The molecule has 0 saturated carbocycles. The topological polar surface area (TPSA) is 46.3 Å². The highest BCUT2D eigenvalue weighted by Crippen LogP contribution is 2.11. The third kappa shape index (κ3) is 5.37. The van der Waals surface area contributed by atoms with Crippen molar-refractivity contribution in [1.82, 2.24) is 4.90 Å². The molecule has 0 spiro atoms. The van der Waals surface area contributed by atoms with Crippen molar-refractivity contribution in [3.63, 3.8) is 0 Å². The number of thioether (sulfide) groups is 1. The van der Waals surface area contributed by atoms with Gasteiger partial charge in [-0.1, -0.05) is 30.0 Å². The average Bonchev–Trinajstić information content (AvgIpc) is 2.43. The molecule has 0 radical (unpaired) electrons. The summed E-state index contributed by atoms with van der Waals surface area (Å²) in [6.45, 7) is 0.930. The van der Waals surface area contributed by atoms with Gasteiger partial charge in [-0.15, -0.1) is 0 Å². The molecule has 0 saturated heterocycles. The second-order valence-corrected chi connectivity index (χ2v) is 5.14. The van der Waals surface area contributed by atoms with Crippen LogP contribution in [0, 0.1) is 11.8 Å². The highest BCUT2D eigenvalue weighted by Gasteiger charge is 2.10. The number of hydrogen-bond acceptors (Lipinski definition) is 3. The lowest BCUT2D eigenvalue weighted by Crippen LogP contribution is -2.26. The Bertz CT molecular complexity index is 477. The standard InChI is InChI=1S/C15H20N2OS/c1-17(15(18)9-11-19-2)12-14-7-4-3-6-13(14)8-5-10-16/h3-4,6-7H,9-12,16H2,1-2H3. The molecule has 0 aliphatic heterocycles. The molecule has 0 aliphatic carbocycles. The van der Waals surface area contributed by atoms with E-state index in [1.54, 1.807) is 16.7 Å². The van der Waals surface area contributed by atoms with Crippen molar-refractivity contribution in [3.8, 4) is 11.8 Å². The van der Waals surface area contributed by atoms with Crippen LogP contribution in [0.3, 0.4) is 0 Å². The Morgan fingerprint density at radius 1 is 1.42 bits per heavy atom. The van der Waals surface area contributed by atoms with E-state index in [-0.39, 0.29) is 5.91 Å². The van der Waals surface area contributed by atoms with Gasteiger partial charge in [0.05, 0.1) is 6.54 Å². The van der Waals surface area contributed by atoms with Crippen molar-refractivity contribution >= 4 is 17.7 Å². The van der Waals surface area contributed by atoms with Crippen LogP contribution in [0.15, 0.2) is 24.3 Å². The molecule has 1 aromatic carbocycles. The Morgan fingerprint density at radius 3 is 2.84 bits per heavy atom. The van der Waals surface area contributed by atoms with E-state index in [1.165, 1.54) is 0 Å². The molecule has 0 unspecified atom stereocenters. The number of rotatable bonds is 5. The predicted octanol–water partition coefficient (Wildman–Crippen LogP) is 1.71. The van der Waals surface area contributed by atoms with E-state index in [2.05, 4.69) is 11.8 Å². The maximum absolute atomic E-state index is 11.9. The van der Waals surface area contributed by atoms with Crippen LogP contribution in [0.5, 0.6) is 0 Å². The fourth-order valence-electron chi connectivity index (χ4n) is 1.65. The third-order valence-electron chi connectivity index (χ3n) is 2.70. The first kappa shape index (κ1) is 15.6. The Kier molecular flexibility index (Phi) is 7.09. The second-order valence-electron chi connectivity index (χ2n) is 4.16. The van der Waals surface area contributed by atoms with Crippen molar-refractivity contribution < 1.29 is 4.79 Å². The number of carbonyl (C=O) groups excluding carboxylic acids is 1. The van der Waals surface area contributed by atoms with Gasteiger partial charge in [-0.05, 0) is 17.9 Å². The van der Waals surface area contributed by atoms with Gasteiger partial charge in [0.25, 0.3) is 0 Å². The fourth-order valence-corrected chi connectivity index (χ4v) is 2.03. The first-order valence-electron chi connectivity index (χ1n) is 6.18. The summed E-state index contributed by atoms with van der Waals surface area (Å²) >= 11 is 1.68. The van der Waals surface area contributed by atoms with Crippen LogP contribution in [0.1, 0.15) is 17.5 Å². The minimum absolute atomic E-state index is 0.163. The summed E-state index contributed by atoms with van der Waals surface area (Å²) in [6.07, 6.45) is 2.58. The number of hydrogen-bond donors (Lipinski definition) is 1. The van der Waals surface area contributed by atoms with Gasteiger partial charge >= 0.3 is 0 Å². The normalized spacial score (nSPS) is 9.63. The maximum Gasteiger partial charge on any atom is 0.223 e. The van der Waals surface area contributed by atoms with Crippen molar-refractivity contribution in [2.75, 3.05) is 25.6 Å². The summed E-state index contributed by atoms with van der Waals surface area (Å²) < 4.78 is 0. The molecule has 19 heavy (non-hydrogen) atoms. The number of benzene rings is 1. The molecule has 1 rings (SSSR count). The average molecular weight is 276 g/mol. The first-order valence-corrected chi connectivity index (χ1v) is 7.58. The Labute approximate surface area is 119 Å². The van der Waals surface area contributed by atoms with E-state index in [0.29, 0.717) is 19.5 Å². The fraction of sp³-hybridized carbons (Fsp3) is 0.400. The summed E-state index contributed by atoms with van der Waals surface area (Å²) in [5.41, 5.74) is 7.39. The van der Waals surface area contributed by atoms with Crippen LogP contribution < -0.4 is 5.73 Å². The van der Waals surface area contributed by atoms with E-state index in [1.807, 2.05) is 37.6 Å². The lowest BCUT2D eigenvalue weighted by atomic mass is 10.1. The van der Waals surface area contributed by atoms with Gasteiger partial charge in [0.15, 0.2) is 0 Å². The lowest BCUT2D eigenvalue weighted by Gasteiger charge is -2.18. The van der Waals surface area contributed by atoms with E-state index in [9.17, 15) is 4.79 Å². The van der Waals surface area contributed by atoms with Crippen molar-refractivity contribution in [2.45, 2.75) is 13.0 Å². The van der Waals surface area contributed by atoms with Crippen LogP contribution in [0.4, 0.5) is 0 Å². The minimum Gasteiger partial charge on any atom is -0.341 e. The van der Waals surface area contributed by atoms with Crippen LogP contribution in [0.25, 0.3) is 0 Å². The molecule has 4 heteroatoms. The summed E-state index contributed by atoms with van der Waals surface area (Å²) in [5.74, 6) is 6.92. The zero-order chi connectivity index (χ0) is 14.1. The van der Waals surface area contributed by atoms with Crippen molar-refractivity contribution in [1.29, 1.82) is 0 Å². The lowest BCUT2D eigenvalue weighted by molar-refractivity contribution is -0.129. The number of nitrogens with zero attached hydrogens (tertiary/aromatic N) is 1. The molecule has 0 fully saturated rings. The van der Waals surface area contributed by atoms with Gasteiger partial charge in [-0.25, -0.2) is 0 Å². The maximum atomic E-state index is 11.9. The first-order chi connectivity index (χ1) is 9.19. The van der Waals surface area contributed by atoms with E-state index >= 15 is 0 Å². The molecule has 0 aliphatic rings. The zero-order valence-corrected chi connectivity index (χ0v) is 12.3. The summed E-state index contributed by atoms with van der Waals surface area (Å²) in [7, 11) is 1.83. The highest BCUT2D eigenvalue weighted by atomic mass is 32.2. The minimum atomic E-state index is 0.163. The van der Waals surface area contributed by atoms with Crippen molar-refractivity contribution in [2.24, 2.45) is 5.73 Å². The SMILES string of the molecule is CSCCC(=O)N(C)Cc1ccccc1C#CCN. The van der Waals surface area contributed by atoms with Crippen LogP contribution in [0.2, 0.25) is 0 Å². The van der Waals surface area contributed by atoms with Crippen LogP contribution >= 0.6 is 11.8 Å². The Hall–Kier alpha value is -1.44. The second kappa shape index (κ2) is 8.63. The van der Waals surface area contributed by atoms with Crippen LogP contribution in [-0.4, -0.2) is 36.4 Å². The van der Waals surface area contributed by atoms with Gasteiger partial charge in [-0.3, -0.25) is 4.79 Å². The molecular formula is C15H20N2OS. The van der Waals surface area contributed by atoms with Gasteiger partial charge in [0.2, 0.25) is 5.91 Å². The molecule has 1 amide bonds. The molecule has 1 aromatic rings. The monoisotopic (exact) mass is 276 g/mol. The van der Waals surface area contributed by atoms with E-state index < -0.39 is 0 Å². The molecule has 0 aromatic heterocycles. The summed E-state index contributed by atoms with van der Waals surface area (Å²) in [6, 6.07) is 7.86. The molecule has 0 heterocycles. The smallest absolute Gasteiger partial charge is 0.223 e. The molecule has 3 nitrogen and oxygen atoms in total. The number of carbonyl (C=O) groups is 1. The molecule has 2 N–H and O–H groups in total. The molecule has 0 atom stereocenters. The van der Waals surface area contributed by atoms with Gasteiger partial charge in [-0.2, -0.15) is 11.8 Å². The van der Waals surface area contributed by atoms with Gasteiger partial charge in [0.1, 0.15) is 0 Å². The van der Waals surface area contributed by atoms with E-state index in [0.717, 1.165) is 16.9 Å². The largest absolute Gasteiger partial charge is 0.341 e. The highest BCUT2D eigenvalue weighted by molar-refractivity contribution is 7.98. The van der Waals surface area contributed by atoms with Gasteiger partial charge < -0.3 is 10.6 Å². The zero-order valence-electron chi connectivity index (χ0n) is 11.5. The Morgan fingerprint density at radius 2 is 2.16 bits per heavy atom. The molecular weight excluding hydrogens is 256 g/mol. The number of nitrogens with two attached hydrogens (primary N) is 1. The summed E-state index contributed by atoms with van der Waals surface area (Å²) in [4.78, 5) is 13.6. The predicted molar refractivity (Wildman–Crippen MR) is 81.8 cm³/mol. The number of amides is 1. The Balaban J connectivity index is 2.73. The third-order valence-corrected chi connectivity index (χ3v) is 3.31. The van der Waals surface area contributed by atoms with E-state index in [4.69, 9.17) is 5.73 Å². The molecule has 0 bridgehead atoms. The summed E-state index contributed by atoms with van der Waals surface area (Å²) in [5, 5.41) is 0. The van der Waals surface area contributed by atoms with Crippen molar-refractivity contribution in [3.05, 3.63) is 35.4 Å². The van der Waals surface area contributed by atoms with Gasteiger partial charge in [0, 0.05) is 31.3 Å².